The molecule has 0 atom stereocenters. The van der Waals surface area contributed by atoms with E-state index in [0.29, 0.717) is 0 Å². The lowest BCUT2D eigenvalue weighted by Gasteiger charge is -2.22. The van der Waals surface area contributed by atoms with Gasteiger partial charge in [-0.05, 0) is 46.5 Å². The van der Waals surface area contributed by atoms with Crippen molar-refractivity contribution >= 4 is 33.2 Å². The van der Waals surface area contributed by atoms with Gasteiger partial charge in [0.05, 0.1) is 9.35 Å². The third-order valence-corrected chi connectivity index (χ3v) is 5.85. The first-order valence-corrected chi connectivity index (χ1v) is 9.61. The highest BCUT2D eigenvalue weighted by molar-refractivity contribution is 9.11. The monoisotopic (exact) mass is 392 g/mol. The van der Waals surface area contributed by atoms with Gasteiger partial charge in [-0.1, -0.05) is 24.3 Å². The summed E-state index contributed by atoms with van der Waals surface area (Å²) in [5, 5.41) is 1.93. The lowest BCUT2D eigenvalue weighted by atomic mass is 10.1. The number of hydrogen-bond donors (Lipinski definition) is 0. The number of halogens is 1. The minimum atomic E-state index is 0.157. The highest BCUT2D eigenvalue weighted by atomic mass is 79.9. The van der Waals surface area contributed by atoms with E-state index in [-0.39, 0.29) is 5.91 Å². The number of hydrogen-bond acceptors (Lipinski definition) is 3. The van der Waals surface area contributed by atoms with E-state index >= 15 is 0 Å². The predicted molar refractivity (Wildman–Crippen MR) is 99.0 cm³/mol. The molecule has 5 heteroatoms. The van der Waals surface area contributed by atoms with Gasteiger partial charge in [-0.2, -0.15) is 0 Å². The van der Waals surface area contributed by atoms with E-state index in [0.717, 1.165) is 48.5 Å². The molecule has 0 N–H and O–H groups in total. The van der Waals surface area contributed by atoms with Crippen molar-refractivity contribution < 1.29 is 4.79 Å². The van der Waals surface area contributed by atoms with Crippen LogP contribution in [-0.2, 0) is 6.54 Å². The predicted octanol–water partition coefficient (Wildman–Crippen LogP) is 4.17. The van der Waals surface area contributed by atoms with Crippen LogP contribution in [0.15, 0.2) is 39.5 Å². The van der Waals surface area contributed by atoms with E-state index in [4.69, 9.17) is 0 Å². The fourth-order valence-electron chi connectivity index (χ4n) is 2.97. The summed E-state index contributed by atoms with van der Waals surface area (Å²) in [7, 11) is 0. The molecule has 0 aliphatic carbocycles. The van der Waals surface area contributed by atoms with Crippen molar-refractivity contribution in [1.29, 1.82) is 0 Å². The van der Waals surface area contributed by atoms with Gasteiger partial charge in [0, 0.05) is 38.1 Å². The Morgan fingerprint density at radius 1 is 1.22 bits per heavy atom. The van der Waals surface area contributed by atoms with Crippen LogP contribution in [0.3, 0.4) is 0 Å². The number of benzene rings is 1. The summed E-state index contributed by atoms with van der Waals surface area (Å²) in [5.41, 5.74) is 3.52. The van der Waals surface area contributed by atoms with E-state index in [2.05, 4.69) is 52.0 Å². The molecule has 0 radical (unpaired) electrons. The van der Waals surface area contributed by atoms with Gasteiger partial charge in [0.2, 0.25) is 0 Å². The standard InChI is InChI=1S/C18H21BrN2OS/c1-14-5-2-3-6-15(14)12-20-7-4-8-21(10-9-20)18(22)16-11-17(19)23-13-16/h2-3,5-6,11,13H,4,7-10,12H2,1H3. The molecule has 0 unspecified atom stereocenters. The first kappa shape index (κ1) is 16.7. The first-order chi connectivity index (χ1) is 11.1. The Morgan fingerprint density at radius 3 is 2.78 bits per heavy atom. The normalized spacial score (nSPS) is 16.3. The second kappa shape index (κ2) is 7.60. The fraction of sp³-hybridized carbons (Fsp3) is 0.389. The van der Waals surface area contributed by atoms with E-state index < -0.39 is 0 Å². The molecular formula is C18H21BrN2OS. The van der Waals surface area contributed by atoms with Crippen LogP contribution in [0.5, 0.6) is 0 Å². The topological polar surface area (TPSA) is 23.6 Å². The quantitative estimate of drug-likeness (QED) is 0.782. The highest BCUT2D eigenvalue weighted by Crippen LogP contribution is 2.22. The molecule has 23 heavy (non-hydrogen) atoms. The molecule has 2 heterocycles. The van der Waals surface area contributed by atoms with Gasteiger partial charge >= 0.3 is 0 Å². The third kappa shape index (κ3) is 4.22. The molecule has 1 aliphatic rings. The first-order valence-electron chi connectivity index (χ1n) is 7.93. The Balaban J connectivity index is 1.61. The Kier molecular flexibility index (Phi) is 5.51. The molecule has 0 bridgehead atoms. The van der Waals surface area contributed by atoms with Crippen LogP contribution in [-0.4, -0.2) is 41.9 Å². The van der Waals surface area contributed by atoms with Gasteiger partial charge in [0.15, 0.2) is 0 Å². The lowest BCUT2D eigenvalue weighted by molar-refractivity contribution is 0.0761. The molecule has 1 aliphatic heterocycles. The van der Waals surface area contributed by atoms with Gasteiger partial charge in [-0.3, -0.25) is 9.69 Å². The van der Waals surface area contributed by atoms with Crippen LogP contribution < -0.4 is 0 Å². The zero-order chi connectivity index (χ0) is 16.2. The largest absolute Gasteiger partial charge is 0.337 e. The van der Waals surface area contributed by atoms with Gasteiger partial charge in [-0.15, -0.1) is 11.3 Å². The number of carbonyl (C=O) groups excluding carboxylic acids is 1. The second-order valence-electron chi connectivity index (χ2n) is 5.99. The molecule has 1 aromatic heterocycles. The van der Waals surface area contributed by atoms with Crippen LogP contribution in [0.4, 0.5) is 0 Å². The number of thiophene rings is 1. The van der Waals surface area contributed by atoms with Gasteiger partial charge in [0.25, 0.3) is 5.91 Å². The maximum absolute atomic E-state index is 12.6. The van der Waals surface area contributed by atoms with Crippen LogP contribution in [0.1, 0.15) is 27.9 Å². The zero-order valence-corrected chi connectivity index (χ0v) is 15.7. The Bertz CT molecular complexity index is 685. The molecule has 1 aromatic carbocycles. The second-order valence-corrected chi connectivity index (χ2v) is 8.28. The smallest absolute Gasteiger partial charge is 0.254 e. The fourth-order valence-corrected chi connectivity index (χ4v) is 4.10. The average Bonchev–Trinajstić information content (AvgIpc) is 2.84. The zero-order valence-electron chi connectivity index (χ0n) is 13.3. The molecule has 122 valence electrons. The number of rotatable bonds is 3. The molecule has 3 rings (SSSR count). The van der Waals surface area contributed by atoms with Crippen LogP contribution in [0, 0.1) is 6.92 Å². The summed E-state index contributed by atoms with van der Waals surface area (Å²) < 4.78 is 1.01. The average molecular weight is 393 g/mol. The summed E-state index contributed by atoms with van der Waals surface area (Å²) in [6.45, 7) is 6.77. The van der Waals surface area contributed by atoms with Crippen molar-refractivity contribution in [3.05, 3.63) is 56.2 Å². The van der Waals surface area contributed by atoms with Crippen LogP contribution >= 0.6 is 27.3 Å². The van der Waals surface area contributed by atoms with Crippen molar-refractivity contribution in [3.63, 3.8) is 0 Å². The van der Waals surface area contributed by atoms with Gasteiger partial charge in [-0.25, -0.2) is 0 Å². The summed E-state index contributed by atoms with van der Waals surface area (Å²) in [6, 6.07) is 10.5. The highest BCUT2D eigenvalue weighted by Gasteiger charge is 2.21. The number of aryl methyl sites for hydroxylation is 1. The van der Waals surface area contributed by atoms with Crippen molar-refractivity contribution in [2.24, 2.45) is 0 Å². The molecular weight excluding hydrogens is 372 g/mol. The maximum Gasteiger partial charge on any atom is 0.254 e. The maximum atomic E-state index is 12.6. The van der Waals surface area contributed by atoms with Crippen molar-refractivity contribution in [3.8, 4) is 0 Å². The Morgan fingerprint density at radius 2 is 2.04 bits per heavy atom. The van der Waals surface area contributed by atoms with E-state index in [1.165, 1.54) is 11.1 Å². The number of amides is 1. The Hall–Kier alpha value is -1.17. The molecule has 0 spiro atoms. The van der Waals surface area contributed by atoms with Gasteiger partial charge < -0.3 is 4.90 Å². The summed E-state index contributed by atoms with van der Waals surface area (Å²) >= 11 is 5.00. The number of carbonyl (C=O) groups is 1. The van der Waals surface area contributed by atoms with E-state index in [9.17, 15) is 4.79 Å². The third-order valence-electron chi connectivity index (χ3n) is 4.35. The molecule has 1 amide bonds. The molecule has 0 saturated carbocycles. The van der Waals surface area contributed by atoms with Crippen molar-refractivity contribution in [2.45, 2.75) is 19.9 Å². The minimum Gasteiger partial charge on any atom is -0.337 e. The van der Waals surface area contributed by atoms with E-state index in [1.54, 1.807) is 11.3 Å². The molecule has 2 aromatic rings. The molecule has 1 saturated heterocycles. The van der Waals surface area contributed by atoms with Crippen molar-refractivity contribution in [1.82, 2.24) is 9.80 Å². The van der Waals surface area contributed by atoms with Crippen LogP contribution in [0.2, 0.25) is 0 Å². The van der Waals surface area contributed by atoms with Crippen molar-refractivity contribution in [2.75, 3.05) is 26.2 Å². The van der Waals surface area contributed by atoms with E-state index in [1.807, 2.05) is 16.3 Å². The summed E-state index contributed by atoms with van der Waals surface area (Å²) in [5.74, 6) is 0.157. The number of nitrogens with zero attached hydrogens (tertiary/aromatic N) is 2. The summed E-state index contributed by atoms with van der Waals surface area (Å²) in [6.07, 6.45) is 1.03. The summed E-state index contributed by atoms with van der Waals surface area (Å²) in [4.78, 5) is 17.0. The van der Waals surface area contributed by atoms with Crippen LogP contribution in [0.25, 0.3) is 0 Å². The minimum absolute atomic E-state index is 0.157. The SMILES string of the molecule is Cc1ccccc1CN1CCCN(C(=O)c2csc(Br)c2)CC1. The van der Waals surface area contributed by atoms with Gasteiger partial charge in [0.1, 0.15) is 0 Å². The molecule has 1 fully saturated rings. The Labute approximate surface area is 150 Å². The molecule has 3 nitrogen and oxygen atoms in total. The lowest BCUT2D eigenvalue weighted by Crippen LogP contribution is -2.34.